The van der Waals surface area contributed by atoms with Crippen LogP contribution in [0.15, 0.2) is 30.3 Å². The molecule has 36 heavy (non-hydrogen) atoms. The highest BCUT2D eigenvalue weighted by Crippen LogP contribution is 2.20. The molecule has 1 heterocycles. The monoisotopic (exact) mass is 503 g/mol. The number of carbonyl (C=O) groups excluding carboxylic acids is 4. The first kappa shape index (κ1) is 28.8. The average Bonchev–Trinajstić information content (AvgIpc) is 3.31. The zero-order chi connectivity index (χ0) is 26.8. The van der Waals surface area contributed by atoms with Crippen molar-refractivity contribution in [3.8, 4) is 0 Å². The normalized spacial score (nSPS) is 17.8. The summed E-state index contributed by atoms with van der Waals surface area (Å²) in [5.74, 6) is -3.29. The summed E-state index contributed by atoms with van der Waals surface area (Å²) in [6.45, 7) is 4.05. The first-order valence-corrected chi connectivity index (χ1v) is 12.2. The SMILES string of the molecule is CC(C)CC(NC(=O)C(N)CCC(N)=O)C(=O)NC(Cc1ccccc1)C(=O)N1CCCC1C(=O)O. The third-order valence-electron chi connectivity index (χ3n) is 6.10. The molecule has 0 bridgehead atoms. The Kier molecular flexibility index (Phi) is 10.8. The number of hydrogen-bond donors (Lipinski definition) is 5. The van der Waals surface area contributed by atoms with Crippen molar-refractivity contribution in [2.75, 3.05) is 6.54 Å². The summed E-state index contributed by atoms with van der Waals surface area (Å²) in [5.41, 5.74) is 11.8. The lowest BCUT2D eigenvalue weighted by Crippen LogP contribution is -2.58. The number of carboxylic acid groups (broad SMARTS) is 1. The molecule has 4 atom stereocenters. The van der Waals surface area contributed by atoms with Crippen LogP contribution < -0.4 is 22.1 Å². The molecule has 11 heteroatoms. The van der Waals surface area contributed by atoms with Crippen molar-refractivity contribution in [3.63, 3.8) is 0 Å². The highest BCUT2D eigenvalue weighted by atomic mass is 16.4. The molecule has 0 aliphatic carbocycles. The second kappa shape index (κ2) is 13.6. The van der Waals surface area contributed by atoms with Crippen LogP contribution in [-0.2, 0) is 30.4 Å². The molecule has 1 aliphatic rings. The minimum Gasteiger partial charge on any atom is -0.480 e. The molecule has 1 aromatic carbocycles. The maximum absolute atomic E-state index is 13.4. The molecule has 0 radical (unpaired) electrons. The molecule has 1 aliphatic heterocycles. The Labute approximate surface area is 211 Å². The summed E-state index contributed by atoms with van der Waals surface area (Å²) in [6.07, 6.45) is 1.33. The molecule has 0 saturated carbocycles. The highest BCUT2D eigenvalue weighted by molar-refractivity contribution is 5.94. The minimum absolute atomic E-state index is 0.0288. The molecule has 1 aromatic rings. The number of likely N-dealkylation sites (tertiary alicyclic amines) is 1. The number of carbonyl (C=O) groups is 5. The van der Waals surface area contributed by atoms with Crippen molar-refractivity contribution in [1.29, 1.82) is 0 Å². The predicted octanol–water partition coefficient (Wildman–Crippen LogP) is -0.0868. The van der Waals surface area contributed by atoms with Crippen LogP contribution in [0, 0.1) is 5.92 Å². The van der Waals surface area contributed by atoms with Crippen LogP contribution in [0.1, 0.15) is 51.5 Å². The van der Waals surface area contributed by atoms with Gasteiger partial charge in [-0.15, -0.1) is 0 Å². The molecule has 11 nitrogen and oxygen atoms in total. The first-order chi connectivity index (χ1) is 17.0. The van der Waals surface area contributed by atoms with Crippen LogP contribution in [0.4, 0.5) is 0 Å². The molecule has 1 fully saturated rings. The first-order valence-electron chi connectivity index (χ1n) is 12.2. The topological polar surface area (TPSA) is 185 Å². The van der Waals surface area contributed by atoms with E-state index in [1.54, 1.807) is 0 Å². The van der Waals surface area contributed by atoms with Gasteiger partial charge in [0.25, 0.3) is 0 Å². The fourth-order valence-corrected chi connectivity index (χ4v) is 4.22. The molecular weight excluding hydrogens is 466 g/mol. The molecule has 198 valence electrons. The number of nitrogens with one attached hydrogen (secondary N) is 2. The lowest BCUT2D eigenvalue weighted by Gasteiger charge is -2.29. The average molecular weight is 504 g/mol. The summed E-state index contributed by atoms with van der Waals surface area (Å²) in [5, 5.41) is 14.9. The minimum atomic E-state index is -1.08. The summed E-state index contributed by atoms with van der Waals surface area (Å²) >= 11 is 0. The van der Waals surface area contributed by atoms with Gasteiger partial charge in [-0.3, -0.25) is 19.2 Å². The van der Waals surface area contributed by atoms with Crippen molar-refractivity contribution in [1.82, 2.24) is 15.5 Å². The van der Waals surface area contributed by atoms with Gasteiger partial charge in [-0.05, 0) is 37.2 Å². The molecule has 0 spiro atoms. The molecule has 4 unspecified atom stereocenters. The standard InChI is InChI=1S/C25H37N5O6/c1-15(2)13-18(28-22(32)17(26)10-11-21(27)31)23(33)29-19(14-16-7-4-3-5-8-16)24(34)30-12-6-9-20(30)25(35)36/h3-5,7-8,15,17-20H,6,9-14,26H2,1-2H3,(H2,27,31)(H,28,32)(H,29,33)(H,35,36). The molecule has 4 amide bonds. The third kappa shape index (κ3) is 8.63. The molecule has 7 N–H and O–H groups in total. The second-order valence-corrected chi connectivity index (χ2v) is 9.58. The fraction of sp³-hybridized carbons (Fsp3) is 0.560. The number of nitrogens with two attached hydrogens (primary N) is 2. The number of aliphatic carboxylic acids is 1. The number of primary amides is 1. The van der Waals surface area contributed by atoms with Crippen LogP contribution in [0.25, 0.3) is 0 Å². The van der Waals surface area contributed by atoms with Crippen LogP contribution in [0.3, 0.4) is 0 Å². The number of hydrogen-bond acceptors (Lipinski definition) is 6. The van der Waals surface area contributed by atoms with E-state index in [1.807, 2.05) is 44.2 Å². The quantitative estimate of drug-likeness (QED) is 0.249. The van der Waals surface area contributed by atoms with Gasteiger partial charge in [-0.2, -0.15) is 0 Å². The van der Waals surface area contributed by atoms with Gasteiger partial charge in [0, 0.05) is 19.4 Å². The van der Waals surface area contributed by atoms with Crippen molar-refractivity contribution in [2.24, 2.45) is 17.4 Å². The summed E-state index contributed by atoms with van der Waals surface area (Å²) in [7, 11) is 0. The Morgan fingerprint density at radius 3 is 2.28 bits per heavy atom. The Morgan fingerprint density at radius 2 is 1.69 bits per heavy atom. The Hall–Kier alpha value is -3.47. The largest absolute Gasteiger partial charge is 0.480 e. The van der Waals surface area contributed by atoms with E-state index in [9.17, 15) is 29.1 Å². The van der Waals surface area contributed by atoms with Crippen molar-refractivity contribution in [2.45, 2.75) is 76.5 Å². The van der Waals surface area contributed by atoms with Gasteiger partial charge < -0.3 is 32.1 Å². The molecular formula is C25H37N5O6. The third-order valence-corrected chi connectivity index (χ3v) is 6.10. The highest BCUT2D eigenvalue weighted by Gasteiger charge is 2.38. The predicted molar refractivity (Wildman–Crippen MR) is 132 cm³/mol. The number of rotatable bonds is 13. The lowest BCUT2D eigenvalue weighted by molar-refractivity contribution is -0.149. The number of benzene rings is 1. The smallest absolute Gasteiger partial charge is 0.326 e. The Balaban J connectivity index is 2.21. The zero-order valence-electron chi connectivity index (χ0n) is 20.8. The van der Waals surface area contributed by atoms with Crippen LogP contribution >= 0.6 is 0 Å². The van der Waals surface area contributed by atoms with E-state index >= 15 is 0 Å². The Morgan fingerprint density at radius 1 is 1.06 bits per heavy atom. The van der Waals surface area contributed by atoms with E-state index in [1.165, 1.54) is 4.90 Å². The number of amides is 4. The van der Waals surface area contributed by atoms with Gasteiger partial charge in [0.2, 0.25) is 23.6 Å². The van der Waals surface area contributed by atoms with Crippen LogP contribution in [-0.4, -0.2) is 70.3 Å². The fourth-order valence-electron chi connectivity index (χ4n) is 4.22. The summed E-state index contributed by atoms with van der Waals surface area (Å²) < 4.78 is 0. The van der Waals surface area contributed by atoms with Gasteiger partial charge in [0.1, 0.15) is 18.1 Å². The maximum atomic E-state index is 13.4. The van der Waals surface area contributed by atoms with Crippen molar-refractivity contribution in [3.05, 3.63) is 35.9 Å². The molecule has 0 aromatic heterocycles. The van der Waals surface area contributed by atoms with Crippen molar-refractivity contribution >= 4 is 29.6 Å². The van der Waals surface area contributed by atoms with E-state index in [0.29, 0.717) is 12.8 Å². The van der Waals surface area contributed by atoms with Gasteiger partial charge in [-0.25, -0.2) is 4.79 Å². The molecule has 2 rings (SSSR count). The van der Waals surface area contributed by atoms with Gasteiger partial charge >= 0.3 is 5.97 Å². The van der Waals surface area contributed by atoms with E-state index in [-0.39, 0.29) is 38.1 Å². The maximum Gasteiger partial charge on any atom is 0.326 e. The van der Waals surface area contributed by atoms with E-state index in [2.05, 4.69) is 10.6 Å². The van der Waals surface area contributed by atoms with Gasteiger partial charge in [-0.1, -0.05) is 44.2 Å². The van der Waals surface area contributed by atoms with E-state index in [4.69, 9.17) is 11.5 Å². The van der Waals surface area contributed by atoms with Gasteiger partial charge in [0.05, 0.1) is 6.04 Å². The zero-order valence-corrected chi connectivity index (χ0v) is 20.8. The second-order valence-electron chi connectivity index (χ2n) is 9.58. The lowest BCUT2D eigenvalue weighted by atomic mass is 10.00. The van der Waals surface area contributed by atoms with E-state index in [0.717, 1.165) is 5.56 Å². The number of carboxylic acids is 1. The van der Waals surface area contributed by atoms with Crippen LogP contribution in [0.2, 0.25) is 0 Å². The molecule has 1 saturated heterocycles. The van der Waals surface area contributed by atoms with E-state index < -0.39 is 53.8 Å². The Bertz CT molecular complexity index is 938. The van der Waals surface area contributed by atoms with Crippen LogP contribution in [0.5, 0.6) is 0 Å². The summed E-state index contributed by atoms with van der Waals surface area (Å²) in [4.78, 5) is 63.3. The number of nitrogens with zero attached hydrogens (tertiary/aromatic N) is 1. The van der Waals surface area contributed by atoms with Crippen molar-refractivity contribution < 1.29 is 29.1 Å². The van der Waals surface area contributed by atoms with Gasteiger partial charge in [0.15, 0.2) is 0 Å². The summed E-state index contributed by atoms with van der Waals surface area (Å²) in [6, 6.07) is 5.12.